The minimum atomic E-state index is 0.379. The van der Waals surface area contributed by atoms with Crippen molar-refractivity contribution in [2.24, 2.45) is 7.05 Å². The lowest BCUT2D eigenvalue weighted by atomic mass is 10.2. The van der Waals surface area contributed by atoms with Gasteiger partial charge in [-0.25, -0.2) is 4.68 Å². The van der Waals surface area contributed by atoms with Crippen molar-refractivity contribution >= 4 is 11.6 Å². The van der Waals surface area contributed by atoms with Gasteiger partial charge in [-0.2, -0.15) is 10.4 Å². The maximum Gasteiger partial charge on any atom is 0.217 e. The van der Waals surface area contributed by atoms with Crippen LogP contribution in [-0.4, -0.2) is 9.78 Å². The Kier molecular flexibility index (Phi) is 3.03. The topological polar surface area (TPSA) is 50.8 Å². The number of nitriles is 1. The van der Waals surface area contributed by atoms with E-state index in [0.717, 1.165) is 5.69 Å². The van der Waals surface area contributed by atoms with Crippen molar-refractivity contribution in [3.63, 3.8) is 0 Å². The number of rotatable bonds is 2. The molecule has 86 valence electrons. The van der Waals surface area contributed by atoms with Crippen LogP contribution in [0.15, 0.2) is 24.3 Å². The van der Waals surface area contributed by atoms with Gasteiger partial charge < -0.3 is 4.74 Å². The van der Waals surface area contributed by atoms with Crippen molar-refractivity contribution in [2.75, 3.05) is 0 Å². The van der Waals surface area contributed by atoms with E-state index in [1.165, 1.54) is 0 Å². The number of ether oxygens (including phenoxy) is 1. The lowest BCUT2D eigenvalue weighted by Gasteiger charge is -2.05. The Morgan fingerprint density at radius 3 is 2.71 bits per heavy atom. The fourth-order valence-corrected chi connectivity index (χ4v) is 1.67. The molecule has 0 atom stereocenters. The van der Waals surface area contributed by atoms with Gasteiger partial charge in [-0.3, -0.25) is 0 Å². The summed E-state index contributed by atoms with van der Waals surface area (Å²) in [5.41, 5.74) is 1.31. The number of hydrogen-bond acceptors (Lipinski definition) is 3. The Balaban J connectivity index is 2.28. The van der Waals surface area contributed by atoms with E-state index in [-0.39, 0.29) is 0 Å². The molecule has 0 spiro atoms. The summed E-state index contributed by atoms with van der Waals surface area (Å²) >= 11 is 5.92. The number of halogens is 1. The van der Waals surface area contributed by atoms with Gasteiger partial charge in [-0.15, -0.1) is 0 Å². The summed E-state index contributed by atoms with van der Waals surface area (Å²) in [4.78, 5) is 0. The van der Waals surface area contributed by atoms with Gasteiger partial charge in [-0.1, -0.05) is 11.6 Å². The number of nitrogens with zero attached hydrogens (tertiary/aromatic N) is 3. The normalized spacial score (nSPS) is 10.0. The standard InChI is InChI=1S/C12H10ClN3O/c1-8-5-12(16(2)15-8)17-10-4-3-9(7-14)11(13)6-10/h3-6H,1-2H3. The van der Waals surface area contributed by atoms with E-state index in [1.54, 1.807) is 29.9 Å². The molecule has 0 bridgehead atoms. The van der Waals surface area contributed by atoms with Crippen LogP contribution < -0.4 is 4.74 Å². The zero-order valence-electron chi connectivity index (χ0n) is 9.44. The number of aromatic nitrogens is 2. The fraction of sp³-hybridized carbons (Fsp3) is 0.167. The first kappa shape index (κ1) is 11.5. The van der Waals surface area contributed by atoms with E-state index in [1.807, 2.05) is 19.1 Å². The highest BCUT2D eigenvalue weighted by atomic mass is 35.5. The maximum absolute atomic E-state index is 8.76. The average Bonchev–Trinajstić information content (AvgIpc) is 2.58. The minimum Gasteiger partial charge on any atom is -0.439 e. The van der Waals surface area contributed by atoms with E-state index >= 15 is 0 Å². The summed E-state index contributed by atoms with van der Waals surface area (Å²) in [7, 11) is 1.80. The molecule has 17 heavy (non-hydrogen) atoms. The van der Waals surface area contributed by atoms with Crippen LogP contribution in [0.25, 0.3) is 0 Å². The molecule has 2 rings (SSSR count). The molecular formula is C12H10ClN3O. The highest BCUT2D eigenvalue weighted by Gasteiger charge is 2.06. The first-order chi connectivity index (χ1) is 8.10. The van der Waals surface area contributed by atoms with Gasteiger partial charge in [0.15, 0.2) is 0 Å². The quantitative estimate of drug-likeness (QED) is 0.820. The first-order valence-corrected chi connectivity index (χ1v) is 5.36. The number of aryl methyl sites for hydroxylation is 2. The van der Waals surface area contributed by atoms with E-state index < -0.39 is 0 Å². The molecule has 0 saturated carbocycles. The summed E-state index contributed by atoms with van der Waals surface area (Å²) < 4.78 is 7.26. The van der Waals surface area contributed by atoms with Gasteiger partial charge in [0.05, 0.1) is 16.3 Å². The molecule has 1 aromatic heterocycles. The largest absolute Gasteiger partial charge is 0.439 e. The van der Waals surface area contributed by atoms with Crippen LogP contribution in [0.4, 0.5) is 0 Å². The number of hydrogen-bond donors (Lipinski definition) is 0. The smallest absolute Gasteiger partial charge is 0.217 e. The van der Waals surface area contributed by atoms with E-state index in [2.05, 4.69) is 5.10 Å². The van der Waals surface area contributed by atoms with Crippen molar-refractivity contribution in [1.29, 1.82) is 5.26 Å². The summed E-state index contributed by atoms with van der Waals surface area (Å²) in [5.74, 6) is 1.21. The van der Waals surface area contributed by atoms with Gasteiger partial charge >= 0.3 is 0 Å². The second-order valence-corrected chi connectivity index (χ2v) is 4.01. The van der Waals surface area contributed by atoms with Crippen molar-refractivity contribution in [3.05, 3.63) is 40.5 Å². The van der Waals surface area contributed by atoms with Crippen LogP contribution in [0.5, 0.6) is 11.6 Å². The molecule has 0 aliphatic rings. The van der Waals surface area contributed by atoms with Crippen molar-refractivity contribution in [1.82, 2.24) is 9.78 Å². The van der Waals surface area contributed by atoms with Crippen LogP contribution in [0.3, 0.4) is 0 Å². The lowest BCUT2D eigenvalue weighted by molar-refractivity contribution is 0.430. The molecular weight excluding hydrogens is 238 g/mol. The highest BCUT2D eigenvalue weighted by molar-refractivity contribution is 6.31. The minimum absolute atomic E-state index is 0.379. The zero-order chi connectivity index (χ0) is 12.4. The van der Waals surface area contributed by atoms with Crippen molar-refractivity contribution in [3.8, 4) is 17.7 Å². The molecule has 0 aliphatic heterocycles. The molecule has 1 aromatic carbocycles. The second-order valence-electron chi connectivity index (χ2n) is 3.60. The van der Waals surface area contributed by atoms with Gasteiger partial charge in [0.2, 0.25) is 5.88 Å². The summed E-state index contributed by atoms with van der Waals surface area (Å²) in [6.45, 7) is 1.89. The molecule has 4 nitrogen and oxygen atoms in total. The van der Waals surface area contributed by atoms with Crippen LogP contribution in [-0.2, 0) is 7.05 Å². The molecule has 0 saturated heterocycles. The molecule has 0 fully saturated rings. The van der Waals surface area contributed by atoms with E-state index in [4.69, 9.17) is 21.6 Å². The highest BCUT2D eigenvalue weighted by Crippen LogP contribution is 2.26. The molecule has 5 heteroatoms. The van der Waals surface area contributed by atoms with Crippen LogP contribution in [0.2, 0.25) is 5.02 Å². The van der Waals surface area contributed by atoms with Gasteiger partial charge in [0, 0.05) is 19.2 Å². The Morgan fingerprint density at radius 2 is 2.18 bits per heavy atom. The fourth-order valence-electron chi connectivity index (χ4n) is 1.45. The molecule has 1 heterocycles. The van der Waals surface area contributed by atoms with Gasteiger partial charge in [0.25, 0.3) is 0 Å². The van der Waals surface area contributed by atoms with Crippen LogP contribution in [0.1, 0.15) is 11.3 Å². The zero-order valence-corrected chi connectivity index (χ0v) is 10.2. The summed E-state index contributed by atoms with van der Waals surface area (Å²) in [5, 5.41) is 13.3. The lowest BCUT2D eigenvalue weighted by Crippen LogP contribution is -1.95. The molecule has 0 amide bonds. The van der Waals surface area contributed by atoms with Crippen LogP contribution >= 0.6 is 11.6 Å². The molecule has 0 aliphatic carbocycles. The monoisotopic (exact) mass is 247 g/mol. The van der Waals surface area contributed by atoms with Crippen molar-refractivity contribution in [2.45, 2.75) is 6.92 Å². The Bertz CT molecular complexity index is 598. The van der Waals surface area contributed by atoms with Crippen molar-refractivity contribution < 1.29 is 4.74 Å². The van der Waals surface area contributed by atoms with E-state index in [0.29, 0.717) is 22.2 Å². The molecule has 2 aromatic rings. The summed E-state index contributed by atoms with van der Waals surface area (Å²) in [6.07, 6.45) is 0. The predicted octanol–water partition coefficient (Wildman–Crippen LogP) is 3.05. The third-order valence-corrected chi connectivity index (χ3v) is 2.56. The molecule has 0 unspecified atom stereocenters. The first-order valence-electron chi connectivity index (χ1n) is 4.98. The summed E-state index contributed by atoms with van der Waals surface area (Å²) in [6, 6.07) is 8.76. The second kappa shape index (κ2) is 4.48. The number of benzene rings is 1. The predicted molar refractivity (Wildman–Crippen MR) is 64.2 cm³/mol. The van der Waals surface area contributed by atoms with Crippen LogP contribution in [0, 0.1) is 18.3 Å². The molecule has 0 N–H and O–H groups in total. The average molecular weight is 248 g/mol. The SMILES string of the molecule is Cc1cc(Oc2ccc(C#N)c(Cl)c2)n(C)n1. The maximum atomic E-state index is 8.76. The van der Waals surface area contributed by atoms with E-state index in [9.17, 15) is 0 Å². The van der Waals surface area contributed by atoms with Gasteiger partial charge in [0.1, 0.15) is 11.8 Å². The third kappa shape index (κ3) is 2.40. The molecule has 0 radical (unpaired) electrons. The van der Waals surface area contributed by atoms with Gasteiger partial charge in [-0.05, 0) is 19.1 Å². The Morgan fingerprint density at radius 1 is 1.41 bits per heavy atom. The Labute approximate surface area is 104 Å². The third-order valence-electron chi connectivity index (χ3n) is 2.24. The Hall–Kier alpha value is -1.99.